The van der Waals surface area contributed by atoms with E-state index >= 15 is 0 Å². The first-order chi connectivity index (χ1) is 4.68. The van der Waals surface area contributed by atoms with Crippen LogP contribution in [0.15, 0.2) is 12.0 Å². The number of hydrogen-bond donors (Lipinski definition) is 1. The van der Waals surface area contributed by atoms with E-state index in [1.165, 1.54) is 0 Å². The molecule has 0 unspecified atom stereocenters. The topological polar surface area (TPSA) is 72.8 Å². The van der Waals surface area contributed by atoms with E-state index in [0.717, 1.165) is 6.08 Å². The summed E-state index contributed by atoms with van der Waals surface area (Å²) in [6.45, 7) is -0.136. The first-order valence-corrected chi connectivity index (χ1v) is 2.46. The number of hydrogen-bond acceptors (Lipinski definition) is 4. The lowest BCUT2D eigenvalue weighted by atomic mass is 10.4. The number of carboxylic acid groups (broad SMARTS) is 1. The van der Waals surface area contributed by atoms with Crippen molar-refractivity contribution >= 4 is 11.9 Å². The van der Waals surface area contributed by atoms with Gasteiger partial charge in [-0.1, -0.05) is 0 Å². The zero-order valence-corrected chi connectivity index (χ0v) is 4.86. The van der Waals surface area contributed by atoms with Crippen molar-refractivity contribution in [2.45, 2.75) is 0 Å². The highest BCUT2D eigenvalue weighted by atomic mass is 16.7. The lowest BCUT2D eigenvalue weighted by molar-refractivity contribution is -0.116. The van der Waals surface area contributed by atoms with Crippen molar-refractivity contribution in [1.82, 2.24) is 0 Å². The molecule has 0 aliphatic carbocycles. The molecule has 1 rings (SSSR count). The largest absolute Gasteiger partial charge is 0.513 e. The average molecular weight is 144 g/mol. The van der Waals surface area contributed by atoms with Crippen molar-refractivity contribution < 1.29 is 24.2 Å². The molecule has 5 nitrogen and oxygen atoms in total. The molecule has 0 aromatic rings. The van der Waals surface area contributed by atoms with Gasteiger partial charge in [-0.2, -0.15) is 0 Å². The van der Waals surface area contributed by atoms with Crippen LogP contribution in [0.5, 0.6) is 0 Å². The quantitative estimate of drug-likeness (QED) is 0.529. The van der Waals surface area contributed by atoms with Crippen LogP contribution >= 0.6 is 0 Å². The summed E-state index contributed by atoms with van der Waals surface area (Å²) in [6, 6.07) is 0. The van der Waals surface area contributed by atoms with Crippen molar-refractivity contribution in [3.05, 3.63) is 12.0 Å². The van der Waals surface area contributed by atoms with E-state index < -0.39 is 6.16 Å². The fourth-order valence-corrected chi connectivity index (χ4v) is 0.502. The van der Waals surface area contributed by atoms with Gasteiger partial charge in [-0.3, -0.25) is 4.79 Å². The van der Waals surface area contributed by atoms with Gasteiger partial charge < -0.3 is 14.6 Å². The molecule has 1 aliphatic rings. The molecule has 0 aromatic heterocycles. The molecule has 0 bridgehead atoms. The lowest BCUT2D eigenvalue weighted by Gasteiger charge is -1.97. The Hall–Kier alpha value is -1.52. The third-order valence-electron chi connectivity index (χ3n) is 0.823. The van der Waals surface area contributed by atoms with Crippen LogP contribution in [0.1, 0.15) is 0 Å². The number of ether oxygens (including phenoxy) is 2. The molecule has 10 heavy (non-hydrogen) atoms. The lowest BCUT2D eigenvalue weighted by Crippen LogP contribution is -2.00. The van der Waals surface area contributed by atoms with E-state index in [1.54, 1.807) is 0 Å². The summed E-state index contributed by atoms with van der Waals surface area (Å²) in [5.74, 6) is -0.547. The van der Waals surface area contributed by atoms with Crippen LogP contribution in [0.25, 0.3) is 0 Å². The maximum Gasteiger partial charge on any atom is 0.513 e. The first-order valence-electron chi connectivity index (χ1n) is 2.46. The minimum absolute atomic E-state index is 0.136. The number of carbonyl (C=O) groups excluding carboxylic acids is 1. The fraction of sp³-hybridized carbons (Fsp3) is 0.200. The normalized spacial score (nSPS) is 16.0. The highest BCUT2D eigenvalue weighted by molar-refractivity contribution is 5.92. The molecular formula is C5H4O5. The molecule has 1 aliphatic heterocycles. The van der Waals surface area contributed by atoms with Crippen LogP contribution in [-0.2, 0) is 14.3 Å². The Kier molecular flexibility index (Phi) is 1.57. The van der Waals surface area contributed by atoms with Crippen LogP contribution in [0, 0.1) is 0 Å². The average Bonchev–Trinajstić information content (AvgIpc) is 2.13. The molecule has 0 amide bonds. The van der Waals surface area contributed by atoms with Gasteiger partial charge in [0.1, 0.15) is 0 Å². The van der Waals surface area contributed by atoms with Gasteiger partial charge in [0.05, 0.1) is 6.08 Å². The van der Waals surface area contributed by atoms with Gasteiger partial charge in [0.2, 0.25) is 0 Å². The van der Waals surface area contributed by atoms with Crippen LogP contribution in [-0.4, -0.2) is 23.7 Å². The second kappa shape index (κ2) is 2.38. The van der Waals surface area contributed by atoms with Gasteiger partial charge in [-0.15, -0.1) is 0 Å². The zero-order chi connectivity index (χ0) is 7.56. The fourth-order valence-electron chi connectivity index (χ4n) is 0.502. The van der Waals surface area contributed by atoms with Crippen LogP contribution in [0.2, 0.25) is 0 Å². The van der Waals surface area contributed by atoms with Crippen LogP contribution < -0.4 is 0 Å². The predicted molar refractivity (Wildman–Crippen MR) is 28.2 cm³/mol. The Bertz CT molecular complexity index is 204. The molecule has 0 radical (unpaired) electrons. The van der Waals surface area contributed by atoms with Gasteiger partial charge >= 0.3 is 6.16 Å². The summed E-state index contributed by atoms with van der Waals surface area (Å²) >= 11 is 0. The van der Waals surface area contributed by atoms with Crippen molar-refractivity contribution in [1.29, 1.82) is 0 Å². The monoisotopic (exact) mass is 144 g/mol. The van der Waals surface area contributed by atoms with Crippen molar-refractivity contribution in [2.75, 3.05) is 6.61 Å². The van der Waals surface area contributed by atoms with Gasteiger partial charge in [-0.25, -0.2) is 4.79 Å². The predicted octanol–water partition coefficient (Wildman–Crippen LogP) is 0.122. The summed E-state index contributed by atoms with van der Waals surface area (Å²) < 4.78 is 8.50. The molecule has 1 N–H and O–H groups in total. The molecule has 0 atom stereocenters. The molecule has 0 spiro atoms. The molecule has 5 heteroatoms. The van der Waals surface area contributed by atoms with Crippen molar-refractivity contribution in [3.8, 4) is 0 Å². The van der Waals surface area contributed by atoms with E-state index in [9.17, 15) is 9.59 Å². The van der Waals surface area contributed by atoms with E-state index in [2.05, 4.69) is 9.47 Å². The molecule has 0 saturated carbocycles. The second-order valence-corrected chi connectivity index (χ2v) is 1.59. The standard InChI is InChI=1S/C5H4O5/c6-3-1-4(9-2-3)10-5(7)8/h1H,2H2,(H,7,8). The molecule has 0 aromatic carbocycles. The molecule has 1 heterocycles. The van der Waals surface area contributed by atoms with E-state index in [-0.39, 0.29) is 18.3 Å². The summed E-state index contributed by atoms with van der Waals surface area (Å²) in [4.78, 5) is 20.2. The summed E-state index contributed by atoms with van der Waals surface area (Å²) in [7, 11) is 0. The maximum atomic E-state index is 10.4. The molecular weight excluding hydrogens is 140 g/mol. The zero-order valence-electron chi connectivity index (χ0n) is 4.86. The number of rotatable bonds is 1. The Morgan fingerprint density at radius 1 is 1.80 bits per heavy atom. The third kappa shape index (κ3) is 1.48. The third-order valence-corrected chi connectivity index (χ3v) is 0.823. The highest BCUT2D eigenvalue weighted by Gasteiger charge is 2.16. The SMILES string of the molecule is O=C1C=C(OC(=O)O)OC1. The van der Waals surface area contributed by atoms with Gasteiger partial charge in [0, 0.05) is 0 Å². The van der Waals surface area contributed by atoms with E-state index in [0.29, 0.717) is 0 Å². The molecule has 54 valence electrons. The van der Waals surface area contributed by atoms with Gasteiger partial charge in [0.25, 0.3) is 5.95 Å². The summed E-state index contributed by atoms with van der Waals surface area (Å²) in [6.07, 6.45) is -0.491. The molecule has 0 saturated heterocycles. The highest BCUT2D eigenvalue weighted by Crippen LogP contribution is 2.07. The van der Waals surface area contributed by atoms with Gasteiger partial charge in [-0.05, 0) is 0 Å². The van der Waals surface area contributed by atoms with Gasteiger partial charge in [0.15, 0.2) is 12.4 Å². The van der Waals surface area contributed by atoms with E-state index in [4.69, 9.17) is 5.11 Å². The van der Waals surface area contributed by atoms with Crippen molar-refractivity contribution in [3.63, 3.8) is 0 Å². The Morgan fingerprint density at radius 2 is 2.50 bits per heavy atom. The number of carbonyl (C=O) groups is 2. The Morgan fingerprint density at radius 3 is 2.90 bits per heavy atom. The Balaban J connectivity index is 2.50. The first kappa shape index (κ1) is 6.60. The van der Waals surface area contributed by atoms with Crippen LogP contribution in [0.4, 0.5) is 4.79 Å². The minimum Gasteiger partial charge on any atom is -0.457 e. The Labute approximate surface area is 55.8 Å². The van der Waals surface area contributed by atoms with Crippen LogP contribution in [0.3, 0.4) is 0 Å². The number of ketones is 1. The second-order valence-electron chi connectivity index (χ2n) is 1.59. The minimum atomic E-state index is -1.49. The van der Waals surface area contributed by atoms with E-state index in [1.807, 2.05) is 0 Å². The summed E-state index contributed by atoms with van der Waals surface area (Å²) in [5, 5.41) is 8.01. The van der Waals surface area contributed by atoms with Crippen molar-refractivity contribution in [2.24, 2.45) is 0 Å². The molecule has 0 fully saturated rings. The summed E-state index contributed by atoms with van der Waals surface area (Å²) in [5.41, 5.74) is 0. The smallest absolute Gasteiger partial charge is 0.457 e. The maximum absolute atomic E-state index is 10.4.